The average molecular weight is 490 g/mol. The first-order valence-electron chi connectivity index (χ1n) is 13.9. The van der Waals surface area contributed by atoms with Gasteiger partial charge in [0, 0.05) is 24.1 Å². The standard InChI is InChI=1S/C29H49N2O4/c1-4-5-6-7-8-9-10-11-12-13-14-15-18-31(19-21-35-22-20-31)25-27-16-17-29(34-3)28(24-27)23-26(2)30(32)33/h16-17,23-24H,4-15,18-22,25H2,1-3H3/q+1. The molecule has 2 rings (SSSR count). The van der Waals surface area contributed by atoms with Crippen LogP contribution in [0.1, 0.15) is 102 Å². The highest BCUT2D eigenvalue weighted by molar-refractivity contribution is 5.59. The SMILES string of the molecule is CCCCCCCCCCCCCC[N+]1(Cc2ccc(OC)c(C=C(C)[N+](=O)[O-])c2)CCOCC1. The highest BCUT2D eigenvalue weighted by Gasteiger charge is 2.30. The molecule has 0 N–H and O–H groups in total. The van der Waals surface area contributed by atoms with Crippen molar-refractivity contribution < 1.29 is 18.9 Å². The second kappa shape index (κ2) is 16.7. The van der Waals surface area contributed by atoms with Crippen molar-refractivity contribution in [2.75, 3.05) is 40.0 Å². The summed E-state index contributed by atoms with van der Waals surface area (Å²) < 4.78 is 12.2. The Bertz CT molecular complexity index is 772. The summed E-state index contributed by atoms with van der Waals surface area (Å²) in [6, 6.07) is 6.11. The topological polar surface area (TPSA) is 61.6 Å². The predicted molar refractivity (Wildman–Crippen MR) is 144 cm³/mol. The molecule has 0 amide bonds. The van der Waals surface area contributed by atoms with Gasteiger partial charge in [-0.2, -0.15) is 0 Å². The van der Waals surface area contributed by atoms with E-state index in [1.807, 2.05) is 6.07 Å². The molecule has 1 aromatic rings. The lowest BCUT2D eigenvalue weighted by Gasteiger charge is -2.41. The number of rotatable bonds is 18. The quantitative estimate of drug-likeness (QED) is 0.0934. The monoisotopic (exact) mass is 489 g/mol. The van der Waals surface area contributed by atoms with E-state index in [2.05, 4.69) is 19.1 Å². The molecule has 0 bridgehead atoms. The third-order valence-electron chi connectivity index (χ3n) is 7.37. The van der Waals surface area contributed by atoms with Gasteiger partial charge < -0.3 is 14.0 Å². The largest absolute Gasteiger partial charge is 0.496 e. The molecule has 0 unspecified atom stereocenters. The van der Waals surface area contributed by atoms with Gasteiger partial charge in [0.15, 0.2) is 0 Å². The minimum atomic E-state index is -0.351. The minimum absolute atomic E-state index is 0.118. The summed E-state index contributed by atoms with van der Waals surface area (Å²) >= 11 is 0. The maximum absolute atomic E-state index is 11.1. The summed E-state index contributed by atoms with van der Waals surface area (Å²) in [5.41, 5.74) is 2.09. The Morgan fingerprint density at radius 2 is 1.57 bits per heavy atom. The summed E-state index contributed by atoms with van der Waals surface area (Å²) in [6.45, 7) is 9.58. The third-order valence-corrected chi connectivity index (χ3v) is 7.37. The predicted octanol–water partition coefficient (Wildman–Crippen LogP) is 7.38. The van der Waals surface area contributed by atoms with Crippen LogP contribution in [-0.4, -0.2) is 49.4 Å². The minimum Gasteiger partial charge on any atom is -0.496 e. The van der Waals surface area contributed by atoms with Gasteiger partial charge >= 0.3 is 0 Å². The molecule has 1 saturated heterocycles. The summed E-state index contributed by atoms with van der Waals surface area (Å²) in [7, 11) is 1.61. The molecule has 1 aliphatic rings. The molecule has 0 saturated carbocycles. The van der Waals surface area contributed by atoms with Crippen LogP contribution in [0, 0.1) is 10.1 Å². The molecule has 1 aliphatic heterocycles. The van der Waals surface area contributed by atoms with Gasteiger partial charge in [-0.1, -0.05) is 71.1 Å². The number of nitro groups is 1. The van der Waals surface area contributed by atoms with Crippen molar-refractivity contribution in [3.8, 4) is 5.75 Å². The number of quaternary nitrogens is 1. The molecule has 6 nitrogen and oxygen atoms in total. The second-order valence-corrected chi connectivity index (χ2v) is 10.3. The lowest BCUT2D eigenvalue weighted by atomic mass is 10.0. The van der Waals surface area contributed by atoms with E-state index >= 15 is 0 Å². The van der Waals surface area contributed by atoms with Crippen LogP contribution in [-0.2, 0) is 11.3 Å². The Morgan fingerprint density at radius 1 is 1.00 bits per heavy atom. The van der Waals surface area contributed by atoms with E-state index in [1.54, 1.807) is 13.2 Å². The molecule has 0 atom stereocenters. The molecule has 0 aromatic heterocycles. The van der Waals surface area contributed by atoms with Crippen LogP contribution in [0.2, 0.25) is 0 Å². The van der Waals surface area contributed by atoms with Crippen LogP contribution in [0.5, 0.6) is 5.75 Å². The van der Waals surface area contributed by atoms with E-state index in [9.17, 15) is 10.1 Å². The molecule has 198 valence electrons. The maximum Gasteiger partial charge on any atom is 0.243 e. The zero-order valence-electron chi connectivity index (χ0n) is 22.6. The molecule has 1 fully saturated rings. The fourth-order valence-corrected chi connectivity index (χ4v) is 5.14. The van der Waals surface area contributed by atoms with E-state index in [1.165, 1.54) is 96.1 Å². The molecule has 35 heavy (non-hydrogen) atoms. The van der Waals surface area contributed by atoms with Crippen molar-refractivity contribution in [2.24, 2.45) is 0 Å². The average Bonchev–Trinajstić information content (AvgIpc) is 2.85. The number of hydrogen-bond acceptors (Lipinski definition) is 4. The van der Waals surface area contributed by atoms with Crippen LogP contribution in [0.25, 0.3) is 6.08 Å². The Morgan fingerprint density at radius 3 is 2.11 bits per heavy atom. The Balaban J connectivity index is 1.82. The first-order valence-corrected chi connectivity index (χ1v) is 13.9. The lowest BCUT2D eigenvalue weighted by Crippen LogP contribution is -2.54. The highest BCUT2D eigenvalue weighted by Crippen LogP contribution is 2.26. The third kappa shape index (κ3) is 11.1. The Labute approximate surface area is 213 Å². The van der Waals surface area contributed by atoms with E-state index < -0.39 is 0 Å². The van der Waals surface area contributed by atoms with Crippen molar-refractivity contribution in [2.45, 2.75) is 97.4 Å². The molecular weight excluding hydrogens is 440 g/mol. The molecule has 0 aliphatic carbocycles. The van der Waals surface area contributed by atoms with Gasteiger partial charge in [-0.05, 0) is 31.0 Å². The first kappa shape index (κ1) is 29.3. The molecule has 6 heteroatoms. The van der Waals surface area contributed by atoms with E-state index in [-0.39, 0.29) is 10.6 Å². The van der Waals surface area contributed by atoms with Crippen LogP contribution in [0.15, 0.2) is 23.9 Å². The van der Waals surface area contributed by atoms with Crippen molar-refractivity contribution >= 4 is 6.08 Å². The van der Waals surface area contributed by atoms with Crippen molar-refractivity contribution in [3.63, 3.8) is 0 Å². The summed E-state index contributed by atoms with van der Waals surface area (Å²) in [6.07, 6.45) is 18.0. The number of nitrogens with zero attached hydrogens (tertiary/aromatic N) is 2. The summed E-state index contributed by atoms with van der Waals surface area (Å²) in [5, 5.41) is 11.1. The Kier molecular flexibility index (Phi) is 14.0. The molecular formula is C29H49N2O4+. The van der Waals surface area contributed by atoms with Gasteiger partial charge in [0.25, 0.3) is 0 Å². The number of allylic oxidation sites excluding steroid dienone is 1. The van der Waals surface area contributed by atoms with Crippen molar-refractivity contribution in [1.29, 1.82) is 0 Å². The highest BCUT2D eigenvalue weighted by atomic mass is 16.6. The van der Waals surface area contributed by atoms with Crippen LogP contribution in [0.3, 0.4) is 0 Å². The number of unbranched alkanes of at least 4 members (excludes halogenated alkanes) is 11. The van der Waals surface area contributed by atoms with E-state index in [0.717, 1.165) is 42.9 Å². The van der Waals surface area contributed by atoms with Crippen molar-refractivity contribution in [3.05, 3.63) is 45.1 Å². The van der Waals surface area contributed by atoms with E-state index in [4.69, 9.17) is 9.47 Å². The van der Waals surface area contributed by atoms with Gasteiger partial charge in [0.05, 0.1) is 31.8 Å². The van der Waals surface area contributed by atoms with Crippen molar-refractivity contribution in [1.82, 2.24) is 0 Å². The number of methoxy groups -OCH3 is 1. The normalized spacial score (nSPS) is 15.8. The first-order chi connectivity index (χ1) is 17.0. The Hall–Kier alpha value is -1.92. The van der Waals surface area contributed by atoms with E-state index in [0.29, 0.717) is 5.75 Å². The summed E-state index contributed by atoms with van der Waals surface area (Å²) in [4.78, 5) is 10.8. The fraction of sp³-hybridized carbons (Fsp3) is 0.724. The van der Waals surface area contributed by atoms with Gasteiger partial charge in [-0.25, -0.2) is 0 Å². The molecule has 0 spiro atoms. The van der Waals surface area contributed by atoms with Gasteiger partial charge in [0.2, 0.25) is 5.70 Å². The van der Waals surface area contributed by atoms with Crippen LogP contribution < -0.4 is 4.74 Å². The second-order valence-electron chi connectivity index (χ2n) is 10.3. The zero-order chi connectivity index (χ0) is 25.4. The number of morpholine rings is 1. The fourth-order valence-electron chi connectivity index (χ4n) is 5.14. The smallest absolute Gasteiger partial charge is 0.243 e. The molecule has 1 aromatic carbocycles. The number of benzene rings is 1. The summed E-state index contributed by atoms with van der Waals surface area (Å²) in [5.74, 6) is 0.671. The van der Waals surface area contributed by atoms with Gasteiger partial charge in [0.1, 0.15) is 25.4 Å². The van der Waals surface area contributed by atoms with Crippen LogP contribution >= 0.6 is 0 Å². The molecule has 1 heterocycles. The van der Waals surface area contributed by atoms with Gasteiger partial charge in [-0.15, -0.1) is 0 Å². The number of ether oxygens (including phenoxy) is 2. The molecule has 0 radical (unpaired) electrons. The van der Waals surface area contributed by atoms with Crippen LogP contribution in [0.4, 0.5) is 0 Å². The lowest BCUT2D eigenvalue weighted by molar-refractivity contribution is -0.947. The zero-order valence-corrected chi connectivity index (χ0v) is 22.6. The maximum atomic E-state index is 11.1. The van der Waals surface area contributed by atoms with Gasteiger partial charge in [-0.3, -0.25) is 10.1 Å². The number of hydrogen-bond donors (Lipinski definition) is 0.